The number of barbiturate groups is 1. The topological polar surface area (TPSA) is 180 Å². The van der Waals surface area contributed by atoms with Crippen LogP contribution in [0.4, 0.5) is 21.9 Å². The number of anilines is 2. The van der Waals surface area contributed by atoms with Gasteiger partial charge in [0.05, 0.1) is 11.7 Å². The molecule has 39 heavy (non-hydrogen) atoms. The van der Waals surface area contributed by atoms with Crippen LogP contribution in [0.3, 0.4) is 0 Å². The molecule has 2 saturated heterocycles. The van der Waals surface area contributed by atoms with Crippen LogP contribution in [-0.2, 0) is 16.0 Å². The Morgan fingerprint density at radius 1 is 0.949 bits per heavy atom. The van der Waals surface area contributed by atoms with Gasteiger partial charge >= 0.3 is 11.7 Å². The molecule has 0 saturated carbocycles. The summed E-state index contributed by atoms with van der Waals surface area (Å²) in [4.78, 5) is 74.7. The van der Waals surface area contributed by atoms with Gasteiger partial charge in [0, 0.05) is 37.2 Å². The maximum atomic E-state index is 13.4. The number of hydrogen-bond acceptors (Lipinski definition) is 9. The number of imide groups is 2. The van der Waals surface area contributed by atoms with Crippen molar-refractivity contribution in [2.45, 2.75) is 12.5 Å². The molecule has 2 aromatic carbocycles. The van der Waals surface area contributed by atoms with Crippen molar-refractivity contribution >= 4 is 41.1 Å². The van der Waals surface area contributed by atoms with E-state index in [1.807, 2.05) is 46.3 Å². The van der Waals surface area contributed by atoms with Crippen LogP contribution in [0.2, 0.25) is 0 Å². The van der Waals surface area contributed by atoms with Crippen LogP contribution in [-0.4, -0.2) is 64.8 Å². The summed E-state index contributed by atoms with van der Waals surface area (Å²) >= 11 is 0. The minimum Gasteiger partial charge on any atom is -0.494 e. The number of piperazine rings is 1. The first-order valence-electron chi connectivity index (χ1n) is 12.2. The lowest BCUT2D eigenvalue weighted by molar-refractivity contribution is -0.146. The molecule has 1 spiro atoms. The number of nitrogens with one attached hydrogen (secondary N) is 4. The SMILES string of the molecule is O=C1NC(=O)C2(Cc3cc(N=Cc4c(O)[nH]c(=O)[nH]c4=O)ccc3N3CCN(c4ccccc4)CC32)C(=O)N1. The standard InChI is InChI=1S/C26H23N7O6/c34-20-17(21(35)29-24(38)28-20)12-27-15-6-7-18-14(10-15)11-26(22(36)30-25(39)31-23(26)37)19-13-32(8-9-33(18)19)16-4-2-1-3-5-16/h1-7,10,12,19H,8-9,11,13H2,(H3,28,29,34,35,38)(H2,30,31,36,37,39). The maximum absolute atomic E-state index is 13.4. The fraction of sp³-hybridized carbons (Fsp3) is 0.231. The van der Waals surface area contributed by atoms with E-state index in [9.17, 15) is 29.1 Å². The Morgan fingerprint density at radius 3 is 2.41 bits per heavy atom. The summed E-state index contributed by atoms with van der Waals surface area (Å²) < 4.78 is 0. The Balaban J connectivity index is 1.40. The lowest BCUT2D eigenvalue weighted by Gasteiger charge is -2.54. The van der Waals surface area contributed by atoms with Crippen LogP contribution in [0.25, 0.3) is 0 Å². The van der Waals surface area contributed by atoms with Gasteiger partial charge in [-0.1, -0.05) is 18.2 Å². The van der Waals surface area contributed by atoms with Crippen molar-refractivity contribution in [3.8, 4) is 5.88 Å². The zero-order chi connectivity index (χ0) is 27.3. The number of amides is 4. The van der Waals surface area contributed by atoms with Crippen molar-refractivity contribution in [2.75, 3.05) is 29.4 Å². The molecule has 198 valence electrons. The number of urea groups is 1. The van der Waals surface area contributed by atoms with Crippen LogP contribution >= 0.6 is 0 Å². The largest absolute Gasteiger partial charge is 0.494 e. The fourth-order valence-corrected chi connectivity index (χ4v) is 5.63. The quantitative estimate of drug-likeness (QED) is 0.234. The first kappa shape index (κ1) is 24.2. The van der Waals surface area contributed by atoms with Crippen molar-refractivity contribution in [3.63, 3.8) is 0 Å². The van der Waals surface area contributed by atoms with E-state index in [1.54, 1.807) is 12.1 Å². The van der Waals surface area contributed by atoms with E-state index in [-0.39, 0.29) is 12.0 Å². The molecule has 6 rings (SSSR count). The highest BCUT2D eigenvalue weighted by molar-refractivity contribution is 6.20. The summed E-state index contributed by atoms with van der Waals surface area (Å²) in [6, 6.07) is 13.5. The summed E-state index contributed by atoms with van der Waals surface area (Å²) in [5.41, 5.74) is -0.614. The molecule has 0 radical (unpaired) electrons. The second-order valence-corrected chi connectivity index (χ2v) is 9.62. The lowest BCUT2D eigenvalue weighted by atomic mass is 9.68. The number of aromatic nitrogens is 2. The van der Waals surface area contributed by atoms with Gasteiger partial charge in [0.1, 0.15) is 5.56 Å². The first-order valence-corrected chi connectivity index (χ1v) is 12.2. The number of rotatable bonds is 3. The summed E-state index contributed by atoms with van der Waals surface area (Å²) in [6.07, 6.45) is 1.13. The van der Waals surface area contributed by atoms with E-state index in [0.717, 1.165) is 17.6 Å². The number of benzene rings is 2. The molecule has 13 nitrogen and oxygen atoms in total. The summed E-state index contributed by atoms with van der Waals surface area (Å²) in [6.45, 7) is 1.55. The van der Waals surface area contributed by atoms with Crippen molar-refractivity contribution in [1.29, 1.82) is 0 Å². The third kappa shape index (κ3) is 3.95. The molecule has 3 aliphatic heterocycles. The minimum atomic E-state index is -1.58. The number of aliphatic imine (C=N–C) groups is 1. The molecule has 0 bridgehead atoms. The summed E-state index contributed by atoms with van der Waals surface area (Å²) in [5.74, 6) is -1.94. The molecule has 0 aliphatic carbocycles. The zero-order valence-electron chi connectivity index (χ0n) is 20.4. The summed E-state index contributed by atoms with van der Waals surface area (Å²) in [5, 5.41) is 14.5. The van der Waals surface area contributed by atoms with E-state index in [2.05, 4.69) is 25.5 Å². The highest BCUT2D eigenvalue weighted by atomic mass is 16.3. The van der Waals surface area contributed by atoms with Crippen LogP contribution in [0.15, 0.2) is 63.1 Å². The van der Waals surface area contributed by atoms with E-state index in [1.165, 1.54) is 0 Å². The number of aromatic amines is 2. The maximum Gasteiger partial charge on any atom is 0.328 e. The monoisotopic (exact) mass is 529 g/mol. The van der Waals surface area contributed by atoms with Gasteiger partial charge in [0.15, 0.2) is 5.41 Å². The molecule has 4 heterocycles. The smallest absolute Gasteiger partial charge is 0.328 e. The van der Waals surface area contributed by atoms with Gasteiger partial charge in [-0.2, -0.15) is 0 Å². The first-order chi connectivity index (χ1) is 18.8. The van der Waals surface area contributed by atoms with Crippen LogP contribution in [0.1, 0.15) is 11.1 Å². The van der Waals surface area contributed by atoms with Crippen molar-refractivity contribution < 1.29 is 19.5 Å². The molecule has 1 atom stereocenters. The number of para-hydroxylation sites is 1. The average Bonchev–Trinajstić information content (AvgIpc) is 2.91. The summed E-state index contributed by atoms with van der Waals surface area (Å²) in [7, 11) is 0. The van der Waals surface area contributed by atoms with Crippen LogP contribution in [0.5, 0.6) is 5.88 Å². The van der Waals surface area contributed by atoms with E-state index >= 15 is 0 Å². The highest BCUT2D eigenvalue weighted by Crippen LogP contribution is 2.45. The number of aromatic hydroxyl groups is 1. The third-order valence-electron chi connectivity index (χ3n) is 7.48. The Hall–Kier alpha value is -5.20. The second kappa shape index (κ2) is 8.97. The van der Waals surface area contributed by atoms with Crippen molar-refractivity contribution in [1.82, 2.24) is 20.6 Å². The molecular formula is C26H23N7O6. The highest BCUT2D eigenvalue weighted by Gasteiger charge is 2.60. The van der Waals surface area contributed by atoms with Gasteiger partial charge < -0.3 is 14.9 Å². The van der Waals surface area contributed by atoms with Gasteiger partial charge in [-0.25, -0.2) is 9.59 Å². The Morgan fingerprint density at radius 2 is 1.69 bits per heavy atom. The molecule has 1 unspecified atom stereocenters. The van der Waals surface area contributed by atoms with Gasteiger partial charge in [-0.15, -0.1) is 0 Å². The normalized spacial score (nSPS) is 20.0. The Bertz CT molecular complexity index is 1640. The number of nitrogens with zero attached hydrogens (tertiary/aromatic N) is 3. The average molecular weight is 530 g/mol. The number of carbonyl (C=O) groups is 3. The van der Waals surface area contributed by atoms with E-state index < -0.39 is 46.4 Å². The number of H-pyrrole nitrogens is 2. The van der Waals surface area contributed by atoms with Gasteiger partial charge in [-0.3, -0.25) is 40.0 Å². The molecule has 1 aromatic heterocycles. The molecule has 5 N–H and O–H groups in total. The van der Waals surface area contributed by atoms with Crippen molar-refractivity contribution in [3.05, 3.63) is 80.5 Å². The Kier molecular flexibility index (Phi) is 5.56. The molecule has 2 fully saturated rings. The third-order valence-corrected chi connectivity index (χ3v) is 7.48. The van der Waals surface area contributed by atoms with Gasteiger partial charge in [0.25, 0.3) is 5.56 Å². The second-order valence-electron chi connectivity index (χ2n) is 9.62. The molecule has 13 heteroatoms. The van der Waals surface area contributed by atoms with Crippen LogP contribution < -0.4 is 31.7 Å². The molecule has 4 amide bonds. The Labute approximate surface area is 220 Å². The van der Waals surface area contributed by atoms with Gasteiger partial charge in [-0.05, 0) is 42.3 Å². The van der Waals surface area contributed by atoms with E-state index in [4.69, 9.17) is 0 Å². The molecule has 3 aliphatic rings. The van der Waals surface area contributed by atoms with Crippen LogP contribution in [0, 0.1) is 5.41 Å². The predicted octanol–water partition coefficient (Wildman–Crippen LogP) is 0.123. The lowest BCUT2D eigenvalue weighted by Crippen LogP contribution is -2.74. The number of carbonyl (C=O) groups excluding carboxylic acids is 3. The van der Waals surface area contributed by atoms with E-state index in [0.29, 0.717) is 30.9 Å². The van der Waals surface area contributed by atoms with Gasteiger partial charge in [0.2, 0.25) is 17.7 Å². The minimum absolute atomic E-state index is 0.0188. The molecule has 3 aromatic rings. The van der Waals surface area contributed by atoms with Crippen molar-refractivity contribution in [2.24, 2.45) is 10.4 Å². The molecular weight excluding hydrogens is 506 g/mol. The number of hydrogen-bond donors (Lipinski definition) is 5. The fourth-order valence-electron chi connectivity index (χ4n) is 5.63. The zero-order valence-corrected chi connectivity index (χ0v) is 20.4. The number of fused-ring (bicyclic) bond motifs is 4. The predicted molar refractivity (Wildman–Crippen MR) is 141 cm³/mol.